The van der Waals surface area contributed by atoms with E-state index in [0.717, 1.165) is 24.0 Å². The minimum absolute atomic E-state index is 0.130. The molecule has 1 heterocycles. The van der Waals surface area contributed by atoms with Gasteiger partial charge in [0.15, 0.2) is 0 Å². The van der Waals surface area contributed by atoms with Crippen LogP contribution in [0.2, 0.25) is 0 Å². The van der Waals surface area contributed by atoms with E-state index >= 15 is 0 Å². The molecular formula is C16H27N3. The molecule has 1 aromatic rings. The smallest absolute Gasteiger partial charge is 0.131 e. The van der Waals surface area contributed by atoms with Crippen LogP contribution in [-0.2, 0) is 6.54 Å². The second-order valence-electron chi connectivity index (χ2n) is 6.97. The van der Waals surface area contributed by atoms with Gasteiger partial charge in [0, 0.05) is 24.2 Å². The van der Waals surface area contributed by atoms with Crippen LogP contribution >= 0.6 is 0 Å². The Morgan fingerprint density at radius 2 is 1.89 bits per heavy atom. The molecule has 106 valence electrons. The average Bonchev–Trinajstić information content (AvgIpc) is 2.37. The van der Waals surface area contributed by atoms with Crippen molar-refractivity contribution in [2.45, 2.75) is 71.4 Å². The first-order chi connectivity index (χ1) is 8.94. The third kappa shape index (κ3) is 4.57. The van der Waals surface area contributed by atoms with Crippen molar-refractivity contribution < 1.29 is 0 Å². The van der Waals surface area contributed by atoms with E-state index < -0.39 is 0 Å². The minimum atomic E-state index is 0.130. The van der Waals surface area contributed by atoms with E-state index in [4.69, 9.17) is 4.98 Å². The molecule has 3 heteroatoms. The molecule has 1 fully saturated rings. The van der Waals surface area contributed by atoms with E-state index in [1.165, 1.54) is 25.7 Å². The lowest BCUT2D eigenvalue weighted by Crippen LogP contribution is -2.35. The summed E-state index contributed by atoms with van der Waals surface area (Å²) < 4.78 is 0. The van der Waals surface area contributed by atoms with Crippen molar-refractivity contribution >= 4 is 0 Å². The molecule has 1 aliphatic rings. The van der Waals surface area contributed by atoms with Crippen LogP contribution in [0.15, 0.2) is 12.3 Å². The number of rotatable bonds is 3. The summed E-state index contributed by atoms with van der Waals surface area (Å²) in [6.45, 7) is 9.70. The fraction of sp³-hybridized carbons (Fsp3) is 0.750. The van der Waals surface area contributed by atoms with E-state index in [-0.39, 0.29) is 5.54 Å². The number of nitrogens with zero attached hydrogens (tertiary/aromatic N) is 2. The topological polar surface area (TPSA) is 37.8 Å². The van der Waals surface area contributed by atoms with Gasteiger partial charge in [0.1, 0.15) is 5.82 Å². The lowest BCUT2D eigenvalue weighted by atomic mass is 9.82. The first-order valence-electron chi connectivity index (χ1n) is 7.51. The van der Waals surface area contributed by atoms with E-state index in [1.54, 1.807) is 0 Å². The molecular weight excluding hydrogens is 234 g/mol. The second-order valence-corrected chi connectivity index (χ2v) is 6.97. The quantitative estimate of drug-likeness (QED) is 0.902. The minimum Gasteiger partial charge on any atom is -0.306 e. The van der Waals surface area contributed by atoms with Crippen LogP contribution in [0.4, 0.5) is 0 Å². The zero-order chi connectivity index (χ0) is 13.9. The first kappa shape index (κ1) is 14.4. The molecule has 1 N–H and O–H groups in total. The van der Waals surface area contributed by atoms with Crippen molar-refractivity contribution in [1.29, 1.82) is 0 Å². The summed E-state index contributed by atoms with van der Waals surface area (Å²) in [7, 11) is 0. The normalized spacial score (nSPS) is 24.4. The predicted octanol–water partition coefficient (Wildman–Crippen LogP) is 3.66. The Morgan fingerprint density at radius 3 is 2.53 bits per heavy atom. The molecule has 0 radical (unpaired) electrons. The maximum atomic E-state index is 4.75. The first-order valence-corrected chi connectivity index (χ1v) is 7.51. The van der Waals surface area contributed by atoms with Gasteiger partial charge in [0.25, 0.3) is 0 Å². The van der Waals surface area contributed by atoms with E-state index in [9.17, 15) is 0 Å². The largest absolute Gasteiger partial charge is 0.306 e. The zero-order valence-electron chi connectivity index (χ0n) is 12.7. The van der Waals surface area contributed by atoms with Crippen molar-refractivity contribution in [2.75, 3.05) is 0 Å². The molecule has 0 aliphatic heterocycles. The van der Waals surface area contributed by atoms with Crippen LogP contribution in [0.1, 0.15) is 70.8 Å². The molecule has 0 aromatic carbocycles. The van der Waals surface area contributed by atoms with Gasteiger partial charge in [-0.1, -0.05) is 19.8 Å². The van der Waals surface area contributed by atoms with Gasteiger partial charge in [-0.05, 0) is 45.6 Å². The van der Waals surface area contributed by atoms with Crippen LogP contribution in [0, 0.1) is 5.92 Å². The van der Waals surface area contributed by atoms with Crippen molar-refractivity contribution in [2.24, 2.45) is 5.92 Å². The summed E-state index contributed by atoms with van der Waals surface area (Å²) in [6, 6.07) is 2.02. The number of nitrogens with one attached hydrogen (secondary N) is 1. The van der Waals surface area contributed by atoms with Crippen LogP contribution in [0.3, 0.4) is 0 Å². The highest BCUT2D eigenvalue weighted by atomic mass is 15.0. The summed E-state index contributed by atoms with van der Waals surface area (Å²) in [4.78, 5) is 9.24. The molecule has 19 heavy (non-hydrogen) atoms. The molecule has 0 spiro atoms. The van der Waals surface area contributed by atoms with Crippen molar-refractivity contribution in [3.63, 3.8) is 0 Å². The van der Waals surface area contributed by atoms with Crippen LogP contribution in [0.5, 0.6) is 0 Å². The fourth-order valence-electron chi connectivity index (χ4n) is 2.58. The van der Waals surface area contributed by atoms with Gasteiger partial charge < -0.3 is 5.32 Å². The fourth-order valence-corrected chi connectivity index (χ4v) is 2.58. The van der Waals surface area contributed by atoms with Crippen molar-refractivity contribution in [3.8, 4) is 0 Å². The van der Waals surface area contributed by atoms with E-state index in [0.29, 0.717) is 5.92 Å². The molecule has 0 unspecified atom stereocenters. The second kappa shape index (κ2) is 6.00. The molecule has 0 bridgehead atoms. The highest BCUT2D eigenvalue weighted by Crippen LogP contribution is 2.33. The maximum Gasteiger partial charge on any atom is 0.131 e. The average molecular weight is 261 g/mol. The van der Waals surface area contributed by atoms with Crippen LogP contribution in [0.25, 0.3) is 0 Å². The van der Waals surface area contributed by atoms with Crippen LogP contribution < -0.4 is 5.32 Å². The molecule has 1 aliphatic carbocycles. The SMILES string of the molecule is CC1CCC(c2nccc(CNC(C)(C)C)n2)CC1. The van der Waals surface area contributed by atoms with Gasteiger partial charge in [-0.2, -0.15) is 0 Å². The van der Waals surface area contributed by atoms with Gasteiger partial charge in [-0.15, -0.1) is 0 Å². The molecule has 0 amide bonds. The maximum absolute atomic E-state index is 4.75. The standard InChI is InChI=1S/C16H27N3/c1-12-5-7-13(8-6-12)15-17-10-9-14(19-15)11-18-16(2,3)4/h9-10,12-13,18H,5-8,11H2,1-4H3. The molecule has 0 atom stereocenters. The highest BCUT2D eigenvalue weighted by Gasteiger charge is 2.22. The Labute approximate surface area is 117 Å². The van der Waals surface area contributed by atoms with E-state index in [1.807, 2.05) is 12.3 Å². The summed E-state index contributed by atoms with van der Waals surface area (Å²) in [5.41, 5.74) is 1.24. The Hall–Kier alpha value is -0.960. The van der Waals surface area contributed by atoms with E-state index in [2.05, 4.69) is 38.0 Å². The summed E-state index contributed by atoms with van der Waals surface area (Å²) in [6.07, 6.45) is 7.05. The highest BCUT2D eigenvalue weighted by molar-refractivity contribution is 5.07. The third-order valence-electron chi connectivity index (χ3n) is 3.91. The zero-order valence-corrected chi connectivity index (χ0v) is 12.7. The monoisotopic (exact) mass is 261 g/mol. The summed E-state index contributed by atoms with van der Waals surface area (Å²) in [5, 5.41) is 3.49. The number of hydrogen-bond acceptors (Lipinski definition) is 3. The predicted molar refractivity (Wildman–Crippen MR) is 79.0 cm³/mol. The third-order valence-corrected chi connectivity index (χ3v) is 3.91. The van der Waals surface area contributed by atoms with Gasteiger partial charge >= 0.3 is 0 Å². The Bertz CT molecular complexity index is 401. The molecule has 1 aromatic heterocycles. The van der Waals surface area contributed by atoms with Gasteiger partial charge in [0.2, 0.25) is 0 Å². The lowest BCUT2D eigenvalue weighted by Gasteiger charge is -2.25. The Morgan fingerprint density at radius 1 is 1.21 bits per heavy atom. The number of hydrogen-bond donors (Lipinski definition) is 1. The van der Waals surface area contributed by atoms with Crippen molar-refractivity contribution in [3.05, 3.63) is 23.8 Å². The van der Waals surface area contributed by atoms with Gasteiger partial charge in [-0.25, -0.2) is 9.97 Å². The molecule has 3 nitrogen and oxygen atoms in total. The van der Waals surface area contributed by atoms with Crippen LogP contribution in [-0.4, -0.2) is 15.5 Å². The summed E-state index contributed by atoms with van der Waals surface area (Å²) in [5.74, 6) is 2.51. The Balaban J connectivity index is 1.99. The summed E-state index contributed by atoms with van der Waals surface area (Å²) >= 11 is 0. The molecule has 1 saturated carbocycles. The van der Waals surface area contributed by atoms with Gasteiger partial charge in [0.05, 0.1) is 5.69 Å². The lowest BCUT2D eigenvalue weighted by molar-refractivity contribution is 0.338. The Kier molecular flexibility index (Phi) is 4.56. The molecule has 2 rings (SSSR count). The van der Waals surface area contributed by atoms with Gasteiger partial charge in [-0.3, -0.25) is 0 Å². The number of aromatic nitrogens is 2. The molecule has 0 saturated heterocycles. The van der Waals surface area contributed by atoms with Crippen molar-refractivity contribution in [1.82, 2.24) is 15.3 Å².